The molecule has 1 fully saturated rings. The highest BCUT2D eigenvalue weighted by Gasteiger charge is 2.25. The van der Waals surface area contributed by atoms with Crippen LogP contribution in [0.5, 0.6) is 0 Å². The van der Waals surface area contributed by atoms with E-state index in [1.807, 2.05) is 52.8 Å². The van der Waals surface area contributed by atoms with E-state index in [2.05, 4.69) is 9.55 Å². The van der Waals surface area contributed by atoms with Gasteiger partial charge in [0.15, 0.2) is 5.82 Å². The van der Waals surface area contributed by atoms with Crippen LogP contribution in [0.2, 0.25) is 0 Å². The van der Waals surface area contributed by atoms with Gasteiger partial charge in [0.1, 0.15) is 17.0 Å². The molecule has 0 N–H and O–H groups in total. The van der Waals surface area contributed by atoms with Gasteiger partial charge >= 0.3 is 0 Å². The first-order chi connectivity index (χ1) is 15.7. The molecular formula is C24H24N6O2. The second-order valence-electron chi connectivity index (χ2n) is 8.35. The summed E-state index contributed by atoms with van der Waals surface area (Å²) in [7, 11) is 0. The zero-order chi connectivity index (χ0) is 21.7. The number of imidazole rings is 2. The Kier molecular flexibility index (Phi) is 4.53. The lowest BCUT2D eigenvalue weighted by molar-refractivity contribution is 0.0298. The number of fused-ring (bicyclic) bond motifs is 2. The largest absolute Gasteiger partial charge is 0.378 e. The Bertz CT molecular complexity index is 1330. The first-order valence-electron chi connectivity index (χ1n) is 11.1. The Morgan fingerprint density at radius 2 is 1.94 bits per heavy atom. The van der Waals surface area contributed by atoms with Crippen molar-refractivity contribution in [1.29, 1.82) is 0 Å². The maximum absolute atomic E-state index is 13.2. The number of carbonyl (C=O) groups excluding carboxylic acids is 1. The fourth-order valence-corrected chi connectivity index (χ4v) is 4.68. The van der Waals surface area contributed by atoms with Crippen molar-refractivity contribution < 1.29 is 9.53 Å². The van der Waals surface area contributed by atoms with E-state index in [1.54, 1.807) is 6.20 Å². The number of nitrogens with zero attached hydrogens (tertiary/aromatic N) is 6. The predicted octanol–water partition coefficient (Wildman–Crippen LogP) is 2.85. The Balaban J connectivity index is 1.48. The molecule has 1 aliphatic carbocycles. The number of morpholine rings is 1. The minimum absolute atomic E-state index is 0.0191. The molecule has 0 atom stereocenters. The highest BCUT2D eigenvalue weighted by atomic mass is 16.5. The SMILES string of the molecule is Cc1cccc(-c2nc3c(n2-c2ccc4ncc(C(=O)N5CCOCC5)n4c2)CCC3)n1. The molecule has 2 aliphatic rings. The molecule has 1 amide bonds. The third kappa shape index (κ3) is 3.10. The van der Waals surface area contributed by atoms with Crippen LogP contribution in [0, 0.1) is 6.92 Å². The molecule has 162 valence electrons. The van der Waals surface area contributed by atoms with Crippen LogP contribution in [0.15, 0.2) is 42.7 Å². The molecule has 0 saturated carbocycles. The van der Waals surface area contributed by atoms with Gasteiger partial charge in [-0.3, -0.25) is 13.8 Å². The van der Waals surface area contributed by atoms with Gasteiger partial charge in [-0.25, -0.2) is 15.0 Å². The standard InChI is InChI=1S/C24H24N6O2/c1-16-4-2-6-19(26-16)23-27-18-5-3-7-20(18)30(23)17-8-9-22-25-14-21(29(22)15-17)24(31)28-10-12-32-13-11-28/h2,4,6,8-9,14-15H,3,5,7,10-13H2,1H3. The lowest BCUT2D eigenvalue weighted by Gasteiger charge is -2.26. The maximum atomic E-state index is 13.2. The average molecular weight is 428 g/mol. The number of hydrogen-bond acceptors (Lipinski definition) is 5. The van der Waals surface area contributed by atoms with Crippen LogP contribution in [0.25, 0.3) is 22.9 Å². The molecule has 0 aromatic carbocycles. The third-order valence-corrected chi connectivity index (χ3v) is 6.27. The van der Waals surface area contributed by atoms with Crippen molar-refractivity contribution >= 4 is 11.6 Å². The van der Waals surface area contributed by atoms with Gasteiger partial charge in [0, 0.05) is 30.7 Å². The summed E-state index contributed by atoms with van der Waals surface area (Å²) in [6.45, 7) is 4.34. The third-order valence-electron chi connectivity index (χ3n) is 6.27. The second-order valence-corrected chi connectivity index (χ2v) is 8.35. The fraction of sp³-hybridized carbons (Fsp3) is 0.333. The van der Waals surface area contributed by atoms with Crippen LogP contribution >= 0.6 is 0 Å². The van der Waals surface area contributed by atoms with Crippen molar-refractivity contribution in [3.05, 3.63) is 65.5 Å². The van der Waals surface area contributed by atoms with Gasteiger partial charge in [-0.05, 0) is 50.5 Å². The summed E-state index contributed by atoms with van der Waals surface area (Å²) in [5, 5.41) is 0. The summed E-state index contributed by atoms with van der Waals surface area (Å²) >= 11 is 0. The van der Waals surface area contributed by atoms with E-state index in [1.165, 1.54) is 5.69 Å². The van der Waals surface area contributed by atoms with Crippen molar-refractivity contribution in [2.75, 3.05) is 26.3 Å². The van der Waals surface area contributed by atoms with E-state index in [4.69, 9.17) is 14.7 Å². The maximum Gasteiger partial charge on any atom is 0.272 e. The summed E-state index contributed by atoms with van der Waals surface area (Å²) in [6.07, 6.45) is 6.73. The van der Waals surface area contributed by atoms with Gasteiger partial charge in [0.2, 0.25) is 0 Å². The molecule has 1 saturated heterocycles. The smallest absolute Gasteiger partial charge is 0.272 e. The van der Waals surface area contributed by atoms with Gasteiger partial charge in [-0.2, -0.15) is 0 Å². The number of ether oxygens (including phenoxy) is 1. The van der Waals surface area contributed by atoms with Crippen LogP contribution in [-0.2, 0) is 17.6 Å². The molecule has 0 spiro atoms. The minimum Gasteiger partial charge on any atom is -0.378 e. The summed E-state index contributed by atoms with van der Waals surface area (Å²) in [6, 6.07) is 10.0. The van der Waals surface area contributed by atoms with E-state index < -0.39 is 0 Å². The molecule has 0 bridgehead atoms. The van der Waals surface area contributed by atoms with Crippen molar-refractivity contribution in [2.45, 2.75) is 26.2 Å². The number of pyridine rings is 2. The molecule has 8 heteroatoms. The van der Waals surface area contributed by atoms with Gasteiger partial charge in [-0.1, -0.05) is 6.07 Å². The molecule has 4 aromatic heterocycles. The number of aryl methyl sites for hydroxylation is 2. The normalized spacial score (nSPS) is 16.0. The quantitative estimate of drug-likeness (QED) is 0.502. The zero-order valence-electron chi connectivity index (χ0n) is 18.0. The molecule has 8 nitrogen and oxygen atoms in total. The van der Waals surface area contributed by atoms with Gasteiger partial charge in [-0.15, -0.1) is 0 Å². The second kappa shape index (κ2) is 7.56. The van der Waals surface area contributed by atoms with Gasteiger partial charge in [0.05, 0.1) is 30.8 Å². The number of rotatable bonds is 3. The van der Waals surface area contributed by atoms with E-state index in [0.717, 1.165) is 53.5 Å². The molecule has 0 unspecified atom stereocenters. The Hall–Kier alpha value is -3.52. The Morgan fingerprint density at radius 1 is 1.06 bits per heavy atom. The molecule has 1 aliphatic heterocycles. The fourth-order valence-electron chi connectivity index (χ4n) is 4.68. The van der Waals surface area contributed by atoms with E-state index in [9.17, 15) is 4.79 Å². The van der Waals surface area contributed by atoms with Crippen molar-refractivity contribution in [2.24, 2.45) is 0 Å². The number of aromatic nitrogens is 5. The number of amides is 1. The molecule has 32 heavy (non-hydrogen) atoms. The zero-order valence-corrected chi connectivity index (χ0v) is 18.0. The first-order valence-corrected chi connectivity index (χ1v) is 11.1. The molecule has 5 heterocycles. The summed E-state index contributed by atoms with van der Waals surface area (Å²) in [4.78, 5) is 29.2. The monoisotopic (exact) mass is 428 g/mol. The topological polar surface area (TPSA) is 77.5 Å². The highest BCUT2D eigenvalue weighted by Crippen LogP contribution is 2.31. The van der Waals surface area contributed by atoms with Crippen LogP contribution < -0.4 is 0 Å². The lowest BCUT2D eigenvalue weighted by atomic mass is 10.2. The first kappa shape index (κ1) is 19.2. The predicted molar refractivity (Wildman–Crippen MR) is 119 cm³/mol. The number of carbonyl (C=O) groups is 1. The van der Waals surface area contributed by atoms with E-state index >= 15 is 0 Å². The number of hydrogen-bond donors (Lipinski definition) is 0. The summed E-state index contributed by atoms with van der Waals surface area (Å²) < 4.78 is 9.49. The molecular weight excluding hydrogens is 404 g/mol. The summed E-state index contributed by atoms with van der Waals surface area (Å²) in [5.41, 5.74) is 6.45. The van der Waals surface area contributed by atoms with Crippen molar-refractivity contribution in [1.82, 2.24) is 28.8 Å². The van der Waals surface area contributed by atoms with E-state index in [0.29, 0.717) is 32.0 Å². The average Bonchev–Trinajstić information content (AvgIpc) is 3.53. The molecule has 4 aromatic rings. The highest BCUT2D eigenvalue weighted by molar-refractivity contribution is 5.93. The van der Waals surface area contributed by atoms with Crippen LogP contribution in [0.4, 0.5) is 0 Å². The van der Waals surface area contributed by atoms with Crippen LogP contribution in [0.3, 0.4) is 0 Å². The lowest BCUT2D eigenvalue weighted by Crippen LogP contribution is -2.41. The van der Waals surface area contributed by atoms with Gasteiger partial charge in [0.25, 0.3) is 5.91 Å². The van der Waals surface area contributed by atoms with Crippen molar-refractivity contribution in [3.8, 4) is 17.2 Å². The van der Waals surface area contributed by atoms with Crippen LogP contribution in [0.1, 0.15) is 34.0 Å². The Morgan fingerprint density at radius 3 is 2.78 bits per heavy atom. The molecule has 6 rings (SSSR count). The van der Waals surface area contributed by atoms with Crippen molar-refractivity contribution in [3.63, 3.8) is 0 Å². The van der Waals surface area contributed by atoms with Gasteiger partial charge < -0.3 is 9.64 Å². The summed E-state index contributed by atoms with van der Waals surface area (Å²) in [5.74, 6) is 0.827. The minimum atomic E-state index is -0.0191. The Labute approximate surface area is 185 Å². The van der Waals surface area contributed by atoms with E-state index in [-0.39, 0.29) is 5.91 Å². The molecule has 0 radical (unpaired) electrons. The van der Waals surface area contributed by atoms with Crippen LogP contribution in [-0.4, -0.2) is 61.0 Å².